The monoisotopic (exact) mass is 258 g/mol. The molecule has 1 saturated heterocycles. The minimum absolute atomic E-state index is 0.108. The predicted octanol–water partition coefficient (Wildman–Crippen LogP) is -0.437. The summed E-state index contributed by atoms with van der Waals surface area (Å²) >= 11 is 0. The second-order valence-electron chi connectivity index (χ2n) is 4.33. The van der Waals surface area contributed by atoms with E-state index in [0.717, 1.165) is 19.4 Å². The van der Waals surface area contributed by atoms with Gasteiger partial charge in [0.25, 0.3) is 0 Å². The zero-order valence-electron chi connectivity index (χ0n) is 10.0. The maximum Gasteiger partial charge on any atom is 0.326 e. The molecule has 4 N–H and O–H groups in total. The van der Waals surface area contributed by atoms with Gasteiger partial charge in [0.15, 0.2) is 0 Å². The van der Waals surface area contributed by atoms with Gasteiger partial charge < -0.3 is 20.8 Å². The Morgan fingerprint density at radius 1 is 1.28 bits per heavy atom. The summed E-state index contributed by atoms with van der Waals surface area (Å²) in [5.74, 6) is -2.65. The first-order valence-electron chi connectivity index (χ1n) is 5.99. The van der Waals surface area contributed by atoms with Gasteiger partial charge in [0.1, 0.15) is 6.04 Å². The van der Waals surface area contributed by atoms with E-state index < -0.39 is 18.0 Å². The molecule has 7 nitrogen and oxygen atoms in total. The van der Waals surface area contributed by atoms with E-state index in [2.05, 4.69) is 10.6 Å². The highest BCUT2D eigenvalue weighted by molar-refractivity contribution is 5.87. The number of amides is 1. The van der Waals surface area contributed by atoms with Crippen LogP contribution in [-0.4, -0.2) is 46.7 Å². The molecule has 1 unspecified atom stereocenters. The Bertz CT molecular complexity index is 325. The zero-order chi connectivity index (χ0) is 13.5. The Kier molecular flexibility index (Phi) is 5.57. The third-order valence-corrected chi connectivity index (χ3v) is 2.89. The van der Waals surface area contributed by atoms with E-state index in [1.807, 2.05) is 0 Å². The van der Waals surface area contributed by atoms with Crippen molar-refractivity contribution in [3.8, 4) is 0 Å². The van der Waals surface area contributed by atoms with Crippen LogP contribution < -0.4 is 10.6 Å². The van der Waals surface area contributed by atoms with Gasteiger partial charge in [-0.05, 0) is 25.8 Å². The summed E-state index contributed by atoms with van der Waals surface area (Å²) in [5, 5.41) is 22.8. The summed E-state index contributed by atoms with van der Waals surface area (Å²) in [5.41, 5.74) is 0. The van der Waals surface area contributed by atoms with Gasteiger partial charge in [-0.2, -0.15) is 0 Å². The van der Waals surface area contributed by atoms with E-state index in [1.54, 1.807) is 0 Å². The summed E-state index contributed by atoms with van der Waals surface area (Å²) < 4.78 is 0. The lowest BCUT2D eigenvalue weighted by atomic mass is 10.0. The maximum absolute atomic E-state index is 11.8. The van der Waals surface area contributed by atoms with Crippen molar-refractivity contribution >= 4 is 17.8 Å². The molecule has 1 fully saturated rings. The molecule has 1 aliphatic heterocycles. The average Bonchev–Trinajstić information content (AvgIpc) is 2.34. The molecule has 7 heteroatoms. The molecule has 0 aromatic heterocycles. The fourth-order valence-corrected chi connectivity index (χ4v) is 1.87. The van der Waals surface area contributed by atoms with Crippen molar-refractivity contribution in [2.24, 2.45) is 0 Å². The maximum atomic E-state index is 11.8. The second-order valence-corrected chi connectivity index (χ2v) is 4.33. The molecule has 102 valence electrons. The highest BCUT2D eigenvalue weighted by Gasteiger charge is 2.26. The van der Waals surface area contributed by atoms with Crippen LogP contribution >= 0.6 is 0 Å². The molecule has 1 heterocycles. The minimum Gasteiger partial charge on any atom is -0.481 e. The molecular formula is C11H18N2O5. The Balaban J connectivity index is 2.46. The molecule has 0 aromatic carbocycles. The third kappa shape index (κ3) is 4.70. The SMILES string of the molecule is O=C(O)CCC(NC(=O)[C@H]1CCCCN1)C(=O)O. The van der Waals surface area contributed by atoms with Gasteiger partial charge in [0.2, 0.25) is 5.91 Å². The second kappa shape index (κ2) is 6.95. The summed E-state index contributed by atoms with van der Waals surface area (Å²) in [6, 6.07) is -1.51. The molecule has 1 rings (SSSR count). The van der Waals surface area contributed by atoms with Crippen LogP contribution in [0.5, 0.6) is 0 Å². The third-order valence-electron chi connectivity index (χ3n) is 2.89. The standard InChI is InChI=1S/C11H18N2O5/c14-9(15)5-4-8(11(17)18)13-10(16)7-3-1-2-6-12-7/h7-8,12H,1-6H2,(H,13,16)(H,14,15)(H,17,18)/t7-,8?/m1/s1. The summed E-state index contributed by atoms with van der Waals surface area (Å²) in [4.78, 5) is 33.1. The van der Waals surface area contributed by atoms with Crippen LogP contribution in [0.15, 0.2) is 0 Å². The van der Waals surface area contributed by atoms with E-state index in [-0.39, 0.29) is 24.8 Å². The van der Waals surface area contributed by atoms with Crippen LogP contribution in [0.2, 0.25) is 0 Å². The molecule has 0 aromatic rings. The quantitative estimate of drug-likeness (QED) is 0.513. The van der Waals surface area contributed by atoms with Crippen LogP contribution in [-0.2, 0) is 14.4 Å². The summed E-state index contributed by atoms with van der Waals surface area (Å²) in [6.45, 7) is 0.741. The Morgan fingerprint density at radius 2 is 2.00 bits per heavy atom. The lowest BCUT2D eigenvalue weighted by Crippen LogP contribution is -2.51. The first-order chi connectivity index (χ1) is 8.50. The minimum atomic E-state index is -1.21. The van der Waals surface area contributed by atoms with Crippen LogP contribution in [0.25, 0.3) is 0 Å². The number of nitrogens with one attached hydrogen (secondary N) is 2. The highest BCUT2D eigenvalue weighted by atomic mass is 16.4. The van der Waals surface area contributed by atoms with E-state index in [9.17, 15) is 14.4 Å². The average molecular weight is 258 g/mol. The molecule has 18 heavy (non-hydrogen) atoms. The number of hydrogen-bond acceptors (Lipinski definition) is 4. The first kappa shape index (κ1) is 14.4. The predicted molar refractivity (Wildman–Crippen MR) is 62.1 cm³/mol. The number of hydrogen-bond donors (Lipinski definition) is 4. The fourth-order valence-electron chi connectivity index (χ4n) is 1.87. The van der Waals surface area contributed by atoms with E-state index in [1.165, 1.54) is 0 Å². The molecule has 1 amide bonds. The van der Waals surface area contributed by atoms with Crippen molar-refractivity contribution in [2.45, 2.75) is 44.2 Å². The van der Waals surface area contributed by atoms with E-state index in [0.29, 0.717) is 6.42 Å². The number of rotatable bonds is 6. The fraction of sp³-hybridized carbons (Fsp3) is 0.727. The van der Waals surface area contributed by atoms with Crippen LogP contribution in [0.3, 0.4) is 0 Å². The van der Waals surface area contributed by atoms with Gasteiger partial charge in [0.05, 0.1) is 6.04 Å². The Morgan fingerprint density at radius 3 is 2.50 bits per heavy atom. The van der Waals surface area contributed by atoms with Crippen LogP contribution in [0, 0.1) is 0 Å². The number of carboxylic acids is 2. The van der Waals surface area contributed by atoms with Crippen molar-refractivity contribution in [3.05, 3.63) is 0 Å². The number of carbonyl (C=O) groups is 3. The molecule has 0 saturated carbocycles. The number of aliphatic carboxylic acids is 2. The smallest absolute Gasteiger partial charge is 0.326 e. The molecule has 0 radical (unpaired) electrons. The van der Waals surface area contributed by atoms with Crippen molar-refractivity contribution in [1.29, 1.82) is 0 Å². The Labute approximate surface area is 105 Å². The van der Waals surface area contributed by atoms with Gasteiger partial charge in [-0.15, -0.1) is 0 Å². The van der Waals surface area contributed by atoms with Crippen LogP contribution in [0.4, 0.5) is 0 Å². The van der Waals surface area contributed by atoms with Crippen molar-refractivity contribution in [3.63, 3.8) is 0 Å². The largest absolute Gasteiger partial charge is 0.481 e. The summed E-state index contributed by atoms with van der Waals surface area (Å²) in [6.07, 6.45) is 2.22. The zero-order valence-corrected chi connectivity index (χ0v) is 10.0. The molecular weight excluding hydrogens is 240 g/mol. The summed E-state index contributed by atoms with van der Waals surface area (Å²) in [7, 11) is 0. The molecule has 0 aliphatic carbocycles. The lowest BCUT2D eigenvalue weighted by molar-refractivity contribution is -0.143. The van der Waals surface area contributed by atoms with Gasteiger partial charge >= 0.3 is 11.9 Å². The first-order valence-corrected chi connectivity index (χ1v) is 5.99. The molecule has 0 spiro atoms. The van der Waals surface area contributed by atoms with E-state index >= 15 is 0 Å². The van der Waals surface area contributed by atoms with E-state index in [4.69, 9.17) is 10.2 Å². The molecule has 2 atom stereocenters. The topological polar surface area (TPSA) is 116 Å². The molecule has 0 bridgehead atoms. The van der Waals surface area contributed by atoms with Gasteiger partial charge in [-0.1, -0.05) is 6.42 Å². The van der Waals surface area contributed by atoms with Crippen molar-refractivity contribution in [2.75, 3.05) is 6.54 Å². The number of piperidine rings is 1. The lowest BCUT2D eigenvalue weighted by Gasteiger charge is -2.24. The number of carboxylic acid groups (broad SMARTS) is 2. The van der Waals surface area contributed by atoms with Gasteiger partial charge in [-0.3, -0.25) is 9.59 Å². The van der Waals surface area contributed by atoms with Gasteiger partial charge in [-0.25, -0.2) is 4.79 Å². The molecule has 1 aliphatic rings. The Hall–Kier alpha value is -1.63. The van der Waals surface area contributed by atoms with Crippen LogP contribution in [0.1, 0.15) is 32.1 Å². The van der Waals surface area contributed by atoms with Crippen molar-refractivity contribution in [1.82, 2.24) is 10.6 Å². The normalized spacial score (nSPS) is 21.0. The number of carbonyl (C=O) groups excluding carboxylic acids is 1. The van der Waals surface area contributed by atoms with Gasteiger partial charge in [0, 0.05) is 6.42 Å². The highest BCUT2D eigenvalue weighted by Crippen LogP contribution is 2.08. The van der Waals surface area contributed by atoms with Crippen molar-refractivity contribution < 1.29 is 24.6 Å².